The van der Waals surface area contributed by atoms with Gasteiger partial charge in [-0.15, -0.1) is 23.1 Å². The summed E-state index contributed by atoms with van der Waals surface area (Å²) in [5.41, 5.74) is 0. The second-order valence-corrected chi connectivity index (χ2v) is 5.57. The molecule has 98 valence electrons. The quantitative estimate of drug-likeness (QED) is 0.552. The van der Waals surface area contributed by atoms with Crippen molar-refractivity contribution in [2.75, 3.05) is 24.2 Å². The number of hydrogen-bond donors (Lipinski definition) is 3. The van der Waals surface area contributed by atoms with Crippen molar-refractivity contribution in [1.82, 2.24) is 9.97 Å². The summed E-state index contributed by atoms with van der Waals surface area (Å²) in [4.78, 5) is 9.76. The van der Waals surface area contributed by atoms with Gasteiger partial charge in [0.15, 0.2) is 0 Å². The lowest BCUT2D eigenvalue weighted by Crippen LogP contribution is -2.14. The molecular formula is C11H15N3O2S2. The van der Waals surface area contributed by atoms with E-state index in [0.29, 0.717) is 11.7 Å². The molecule has 1 unspecified atom stereocenters. The Morgan fingerprint density at radius 2 is 2.33 bits per heavy atom. The summed E-state index contributed by atoms with van der Waals surface area (Å²) in [6.07, 6.45) is -0.721. The molecule has 0 saturated carbocycles. The molecule has 0 aliphatic carbocycles. The van der Waals surface area contributed by atoms with Crippen LogP contribution in [0.2, 0.25) is 0 Å². The Labute approximate surface area is 113 Å². The van der Waals surface area contributed by atoms with Gasteiger partial charge in [-0.05, 0) is 18.4 Å². The average molecular weight is 285 g/mol. The molecule has 0 spiro atoms. The average Bonchev–Trinajstić information content (AvgIpc) is 2.84. The molecule has 0 saturated heterocycles. The zero-order valence-electron chi connectivity index (χ0n) is 9.96. The van der Waals surface area contributed by atoms with Crippen LogP contribution in [-0.2, 0) is 0 Å². The zero-order chi connectivity index (χ0) is 13.0. The van der Waals surface area contributed by atoms with Gasteiger partial charge in [0.05, 0.1) is 12.7 Å². The van der Waals surface area contributed by atoms with Crippen LogP contribution in [0.1, 0.15) is 6.92 Å². The van der Waals surface area contributed by atoms with Crippen molar-refractivity contribution in [2.24, 2.45) is 0 Å². The van der Waals surface area contributed by atoms with Crippen molar-refractivity contribution in [3.63, 3.8) is 0 Å². The van der Waals surface area contributed by atoms with Gasteiger partial charge < -0.3 is 15.5 Å². The van der Waals surface area contributed by atoms with Gasteiger partial charge in [0, 0.05) is 17.7 Å². The fourth-order valence-electron chi connectivity index (χ4n) is 1.40. The van der Waals surface area contributed by atoms with Gasteiger partial charge in [-0.1, -0.05) is 0 Å². The minimum absolute atomic E-state index is 0.231. The van der Waals surface area contributed by atoms with E-state index in [1.54, 1.807) is 11.3 Å². The lowest BCUT2D eigenvalue weighted by atomic mass is 10.4. The number of nitrogens with zero attached hydrogens (tertiary/aromatic N) is 2. The zero-order valence-corrected chi connectivity index (χ0v) is 11.6. The molecule has 2 aromatic heterocycles. The lowest BCUT2D eigenvalue weighted by molar-refractivity contribution is 0.113. The van der Waals surface area contributed by atoms with Gasteiger partial charge in [0.2, 0.25) is 5.95 Å². The minimum atomic E-state index is -0.721. The van der Waals surface area contributed by atoms with Crippen molar-refractivity contribution in [2.45, 2.75) is 18.1 Å². The molecule has 2 aromatic rings. The predicted octanol–water partition coefficient (Wildman–Crippen LogP) is 1.57. The van der Waals surface area contributed by atoms with Crippen molar-refractivity contribution in [1.29, 1.82) is 0 Å². The normalized spacial score (nSPS) is 12.8. The Bertz CT molecular complexity index is 518. The van der Waals surface area contributed by atoms with Crippen LogP contribution in [0.5, 0.6) is 0 Å². The highest BCUT2D eigenvalue weighted by Gasteiger charge is 2.11. The second-order valence-electron chi connectivity index (χ2n) is 3.67. The third-order valence-corrected chi connectivity index (χ3v) is 4.19. The number of anilines is 1. The Kier molecular flexibility index (Phi) is 4.76. The maximum Gasteiger partial charge on any atom is 0.225 e. The summed E-state index contributed by atoms with van der Waals surface area (Å²) in [5, 5.41) is 25.1. The molecule has 0 radical (unpaired) electrons. The Morgan fingerprint density at radius 3 is 3.06 bits per heavy atom. The first kappa shape index (κ1) is 13.5. The lowest BCUT2D eigenvalue weighted by Gasteiger charge is -2.08. The van der Waals surface area contributed by atoms with Crippen molar-refractivity contribution in [3.05, 3.63) is 11.4 Å². The SMILES string of the molecule is CCNc1nc(SCC(O)CO)c2ccsc2n1. The molecule has 0 aliphatic heterocycles. The predicted molar refractivity (Wildman–Crippen MR) is 75.4 cm³/mol. The van der Waals surface area contributed by atoms with Crippen molar-refractivity contribution < 1.29 is 10.2 Å². The molecule has 5 nitrogen and oxygen atoms in total. The van der Waals surface area contributed by atoms with Gasteiger partial charge in [0.25, 0.3) is 0 Å². The molecule has 0 aromatic carbocycles. The Balaban J connectivity index is 2.25. The fraction of sp³-hybridized carbons (Fsp3) is 0.455. The molecule has 3 N–H and O–H groups in total. The van der Waals surface area contributed by atoms with Crippen LogP contribution in [-0.4, -0.2) is 45.2 Å². The first-order valence-corrected chi connectivity index (χ1v) is 7.52. The first-order valence-electron chi connectivity index (χ1n) is 5.65. The number of aliphatic hydroxyl groups excluding tert-OH is 2. The van der Waals surface area contributed by atoms with E-state index in [1.807, 2.05) is 18.4 Å². The molecule has 0 fully saturated rings. The fourth-order valence-corrected chi connectivity index (χ4v) is 3.16. The van der Waals surface area contributed by atoms with Gasteiger partial charge in [0.1, 0.15) is 9.86 Å². The van der Waals surface area contributed by atoms with Crippen molar-refractivity contribution in [3.8, 4) is 0 Å². The molecule has 2 rings (SSSR count). The summed E-state index contributed by atoms with van der Waals surface area (Å²) in [6.45, 7) is 2.52. The number of hydrogen-bond acceptors (Lipinski definition) is 7. The van der Waals surface area contributed by atoms with Crippen LogP contribution in [0, 0.1) is 0 Å². The molecule has 18 heavy (non-hydrogen) atoms. The Morgan fingerprint density at radius 1 is 1.50 bits per heavy atom. The molecule has 0 bridgehead atoms. The van der Waals surface area contributed by atoms with Crippen LogP contribution >= 0.6 is 23.1 Å². The summed E-state index contributed by atoms with van der Waals surface area (Å²) in [5.74, 6) is 1.03. The standard InChI is InChI=1S/C11H15N3O2S2/c1-2-12-11-13-9-8(3-4-17-9)10(14-11)18-6-7(16)5-15/h3-4,7,15-16H,2,5-6H2,1H3,(H,12,13,14). The topological polar surface area (TPSA) is 78.3 Å². The van der Waals surface area contributed by atoms with E-state index >= 15 is 0 Å². The number of fused-ring (bicyclic) bond motifs is 1. The highest BCUT2D eigenvalue weighted by molar-refractivity contribution is 7.99. The smallest absolute Gasteiger partial charge is 0.225 e. The number of aromatic nitrogens is 2. The Hall–Kier alpha value is -0.890. The molecule has 0 amide bonds. The summed E-state index contributed by atoms with van der Waals surface area (Å²) < 4.78 is 0. The number of nitrogens with one attached hydrogen (secondary N) is 1. The van der Waals surface area contributed by atoms with E-state index in [9.17, 15) is 5.11 Å². The van der Waals surface area contributed by atoms with Crippen LogP contribution in [0.25, 0.3) is 10.2 Å². The first-order chi connectivity index (χ1) is 8.74. The van der Waals surface area contributed by atoms with Crippen LogP contribution < -0.4 is 5.32 Å². The maximum atomic E-state index is 9.39. The van der Waals surface area contributed by atoms with Crippen LogP contribution in [0.15, 0.2) is 16.5 Å². The van der Waals surface area contributed by atoms with Gasteiger partial charge in [-0.3, -0.25) is 0 Å². The maximum absolute atomic E-state index is 9.39. The van der Waals surface area contributed by atoms with Crippen LogP contribution in [0.4, 0.5) is 5.95 Å². The van der Waals surface area contributed by atoms with Gasteiger partial charge in [-0.2, -0.15) is 0 Å². The van der Waals surface area contributed by atoms with E-state index in [2.05, 4.69) is 15.3 Å². The van der Waals surface area contributed by atoms with Gasteiger partial charge in [-0.25, -0.2) is 9.97 Å². The third-order valence-electron chi connectivity index (χ3n) is 2.25. The van der Waals surface area contributed by atoms with E-state index in [4.69, 9.17) is 5.11 Å². The molecule has 7 heteroatoms. The molecule has 0 aliphatic rings. The van der Waals surface area contributed by atoms with Gasteiger partial charge >= 0.3 is 0 Å². The highest BCUT2D eigenvalue weighted by Crippen LogP contribution is 2.30. The molecular weight excluding hydrogens is 270 g/mol. The van der Waals surface area contributed by atoms with E-state index in [1.165, 1.54) is 11.8 Å². The number of rotatable bonds is 6. The monoisotopic (exact) mass is 285 g/mol. The number of aliphatic hydroxyl groups is 2. The third kappa shape index (κ3) is 3.11. The molecule has 2 heterocycles. The van der Waals surface area contributed by atoms with E-state index in [-0.39, 0.29) is 6.61 Å². The van der Waals surface area contributed by atoms with E-state index < -0.39 is 6.10 Å². The van der Waals surface area contributed by atoms with Crippen LogP contribution in [0.3, 0.4) is 0 Å². The number of thiophene rings is 1. The summed E-state index contributed by atoms with van der Waals surface area (Å²) in [7, 11) is 0. The second kappa shape index (κ2) is 6.33. The van der Waals surface area contributed by atoms with E-state index in [0.717, 1.165) is 21.8 Å². The number of thioether (sulfide) groups is 1. The highest BCUT2D eigenvalue weighted by atomic mass is 32.2. The van der Waals surface area contributed by atoms with Crippen molar-refractivity contribution >= 4 is 39.3 Å². The summed E-state index contributed by atoms with van der Waals surface area (Å²) >= 11 is 3.00. The minimum Gasteiger partial charge on any atom is -0.394 e. The molecule has 1 atom stereocenters. The summed E-state index contributed by atoms with van der Waals surface area (Å²) in [6, 6.07) is 1.98. The largest absolute Gasteiger partial charge is 0.394 e.